The molecule has 1 aromatic carbocycles. The van der Waals surface area contributed by atoms with E-state index in [9.17, 15) is 4.79 Å². The first kappa shape index (κ1) is 18.2. The summed E-state index contributed by atoms with van der Waals surface area (Å²) in [5.74, 6) is -0.370. The predicted molar refractivity (Wildman–Crippen MR) is 102 cm³/mol. The number of carbonyl (C=O) groups excluding carboxylic acids is 1. The van der Waals surface area contributed by atoms with Gasteiger partial charge in [-0.15, -0.1) is 0 Å². The van der Waals surface area contributed by atoms with Crippen LogP contribution in [0.5, 0.6) is 0 Å². The van der Waals surface area contributed by atoms with Gasteiger partial charge in [0.05, 0.1) is 5.02 Å². The SMILES string of the molecule is C[C@@H]1CCCCN1Cc1ccc(NC(=O)c2nc(Cl)ccc2Cl)cc1. The van der Waals surface area contributed by atoms with Gasteiger partial charge in [-0.05, 0) is 56.1 Å². The number of rotatable bonds is 4. The van der Waals surface area contributed by atoms with Crippen LogP contribution < -0.4 is 5.32 Å². The van der Waals surface area contributed by atoms with E-state index in [0.717, 1.165) is 13.1 Å². The van der Waals surface area contributed by atoms with Crippen LogP contribution in [0, 0.1) is 0 Å². The largest absolute Gasteiger partial charge is 0.321 e. The van der Waals surface area contributed by atoms with Gasteiger partial charge in [-0.25, -0.2) is 4.98 Å². The van der Waals surface area contributed by atoms with Crippen molar-refractivity contribution in [1.82, 2.24) is 9.88 Å². The maximum atomic E-state index is 12.3. The summed E-state index contributed by atoms with van der Waals surface area (Å²) in [6, 6.07) is 11.6. The third-order valence-electron chi connectivity index (χ3n) is 4.57. The van der Waals surface area contributed by atoms with E-state index in [0.29, 0.717) is 11.7 Å². The number of benzene rings is 1. The first-order chi connectivity index (χ1) is 12.0. The Balaban J connectivity index is 1.64. The number of likely N-dealkylation sites (tertiary alicyclic amines) is 1. The molecule has 0 bridgehead atoms. The van der Waals surface area contributed by atoms with Crippen LogP contribution in [-0.4, -0.2) is 28.4 Å². The van der Waals surface area contributed by atoms with Crippen LogP contribution in [0.3, 0.4) is 0 Å². The van der Waals surface area contributed by atoms with Crippen LogP contribution in [0.2, 0.25) is 10.2 Å². The highest BCUT2D eigenvalue weighted by atomic mass is 35.5. The minimum atomic E-state index is -0.370. The molecular weight excluding hydrogens is 357 g/mol. The Morgan fingerprint density at radius 1 is 1.20 bits per heavy atom. The highest BCUT2D eigenvalue weighted by Gasteiger charge is 2.18. The standard InChI is InChI=1S/C19H21Cl2N3O/c1-13-4-2-3-11-24(13)12-14-5-7-15(8-6-14)22-19(25)18-16(20)9-10-17(21)23-18/h5-10,13H,2-4,11-12H2,1H3,(H,22,25)/t13-/m1/s1. The number of halogens is 2. The van der Waals surface area contributed by atoms with Crippen molar-refractivity contribution < 1.29 is 4.79 Å². The lowest BCUT2D eigenvalue weighted by atomic mass is 10.0. The summed E-state index contributed by atoms with van der Waals surface area (Å²) in [6.45, 7) is 4.38. The highest BCUT2D eigenvalue weighted by Crippen LogP contribution is 2.21. The molecule has 1 amide bonds. The molecule has 6 heteroatoms. The van der Waals surface area contributed by atoms with Crippen molar-refractivity contribution in [2.24, 2.45) is 0 Å². The average Bonchev–Trinajstić information content (AvgIpc) is 2.60. The fourth-order valence-electron chi connectivity index (χ4n) is 3.09. The van der Waals surface area contributed by atoms with E-state index < -0.39 is 0 Å². The molecule has 0 aliphatic carbocycles. The Labute approximate surface area is 158 Å². The summed E-state index contributed by atoms with van der Waals surface area (Å²) < 4.78 is 0. The molecule has 4 nitrogen and oxygen atoms in total. The highest BCUT2D eigenvalue weighted by molar-refractivity contribution is 6.35. The van der Waals surface area contributed by atoms with Crippen molar-refractivity contribution in [2.75, 3.05) is 11.9 Å². The molecule has 1 atom stereocenters. The Bertz CT molecular complexity index is 749. The second kappa shape index (κ2) is 8.17. The fraction of sp³-hybridized carbons (Fsp3) is 0.368. The Kier molecular flexibility index (Phi) is 5.94. The molecule has 0 saturated carbocycles. The van der Waals surface area contributed by atoms with Gasteiger partial charge in [0.15, 0.2) is 0 Å². The maximum absolute atomic E-state index is 12.3. The molecule has 0 unspecified atom stereocenters. The first-order valence-electron chi connectivity index (χ1n) is 8.49. The summed E-state index contributed by atoms with van der Waals surface area (Å²) in [7, 11) is 0. The van der Waals surface area contributed by atoms with Crippen LogP contribution in [0.1, 0.15) is 42.2 Å². The van der Waals surface area contributed by atoms with Gasteiger partial charge in [0, 0.05) is 18.3 Å². The number of amides is 1. The molecule has 3 rings (SSSR count). The van der Waals surface area contributed by atoms with E-state index >= 15 is 0 Å². The monoisotopic (exact) mass is 377 g/mol. The smallest absolute Gasteiger partial charge is 0.275 e. The van der Waals surface area contributed by atoms with Crippen LogP contribution in [-0.2, 0) is 6.54 Å². The summed E-state index contributed by atoms with van der Waals surface area (Å²) >= 11 is 11.9. The van der Waals surface area contributed by atoms with Gasteiger partial charge in [-0.2, -0.15) is 0 Å². The number of nitrogens with zero attached hydrogens (tertiary/aromatic N) is 2. The third kappa shape index (κ3) is 4.72. The van der Waals surface area contributed by atoms with Gasteiger partial charge in [-0.1, -0.05) is 41.8 Å². The summed E-state index contributed by atoms with van der Waals surface area (Å²) in [4.78, 5) is 18.8. The molecule has 1 fully saturated rings. The number of anilines is 1. The van der Waals surface area contributed by atoms with E-state index in [1.54, 1.807) is 12.1 Å². The number of nitrogens with one attached hydrogen (secondary N) is 1. The third-order valence-corrected chi connectivity index (χ3v) is 5.08. The van der Waals surface area contributed by atoms with E-state index in [2.05, 4.69) is 22.1 Å². The number of piperidine rings is 1. The van der Waals surface area contributed by atoms with Crippen molar-refractivity contribution in [2.45, 2.75) is 38.8 Å². The van der Waals surface area contributed by atoms with Crippen molar-refractivity contribution in [1.29, 1.82) is 0 Å². The van der Waals surface area contributed by atoms with Crippen molar-refractivity contribution in [3.8, 4) is 0 Å². The minimum Gasteiger partial charge on any atom is -0.321 e. The zero-order valence-electron chi connectivity index (χ0n) is 14.1. The van der Waals surface area contributed by atoms with Crippen LogP contribution >= 0.6 is 23.2 Å². The molecule has 0 spiro atoms. The minimum absolute atomic E-state index is 0.125. The summed E-state index contributed by atoms with van der Waals surface area (Å²) in [5, 5.41) is 3.32. The average molecular weight is 378 g/mol. The normalized spacial score (nSPS) is 18.1. The van der Waals surface area contributed by atoms with Gasteiger partial charge < -0.3 is 5.32 Å². The molecule has 2 aromatic rings. The Morgan fingerprint density at radius 2 is 1.96 bits per heavy atom. The van der Waals surface area contributed by atoms with E-state index in [1.807, 2.05) is 24.3 Å². The Morgan fingerprint density at radius 3 is 2.68 bits per heavy atom. The molecule has 132 valence electrons. The van der Waals surface area contributed by atoms with Crippen LogP contribution in [0.15, 0.2) is 36.4 Å². The second-order valence-electron chi connectivity index (χ2n) is 6.43. The molecule has 2 heterocycles. The molecule has 1 saturated heterocycles. The van der Waals surface area contributed by atoms with Crippen molar-refractivity contribution in [3.63, 3.8) is 0 Å². The molecule has 1 N–H and O–H groups in total. The van der Waals surface area contributed by atoms with Gasteiger partial charge in [0.25, 0.3) is 5.91 Å². The number of pyridine rings is 1. The van der Waals surface area contributed by atoms with Crippen molar-refractivity contribution in [3.05, 3.63) is 57.8 Å². The summed E-state index contributed by atoms with van der Waals surface area (Å²) in [6.07, 6.45) is 3.86. The number of aromatic nitrogens is 1. The van der Waals surface area contributed by atoms with Gasteiger partial charge >= 0.3 is 0 Å². The second-order valence-corrected chi connectivity index (χ2v) is 7.23. The van der Waals surface area contributed by atoms with E-state index in [-0.39, 0.29) is 21.8 Å². The molecule has 1 aliphatic rings. The predicted octanol–water partition coefficient (Wildman–Crippen LogP) is 5.02. The summed E-state index contributed by atoms with van der Waals surface area (Å²) in [5.41, 5.74) is 2.07. The zero-order valence-corrected chi connectivity index (χ0v) is 15.6. The first-order valence-corrected chi connectivity index (χ1v) is 9.25. The number of hydrogen-bond acceptors (Lipinski definition) is 3. The number of carbonyl (C=O) groups is 1. The molecule has 25 heavy (non-hydrogen) atoms. The van der Waals surface area contributed by atoms with E-state index in [1.165, 1.54) is 24.8 Å². The lowest BCUT2D eigenvalue weighted by Crippen LogP contribution is -2.36. The lowest BCUT2D eigenvalue weighted by molar-refractivity contribution is 0.102. The quantitative estimate of drug-likeness (QED) is 0.761. The van der Waals surface area contributed by atoms with Crippen molar-refractivity contribution >= 4 is 34.8 Å². The van der Waals surface area contributed by atoms with Crippen LogP contribution in [0.4, 0.5) is 5.69 Å². The van der Waals surface area contributed by atoms with Gasteiger partial charge in [-0.3, -0.25) is 9.69 Å². The lowest BCUT2D eigenvalue weighted by Gasteiger charge is -2.33. The fourth-order valence-corrected chi connectivity index (χ4v) is 3.43. The van der Waals surface area contributed by atoms with Crippen LogP contribution in [0.25, 0.3) is 0 Å². The molecular formula is C19H21Cl2N3O. The zero-order chi connectivity index (χ0) is 17.8. The van der Waals surface area contributed by atoms with Gasteiger partial charge in [0.2, 0.25) is 0 Å². The van der Waals surface area contributed by atoms with E-state index in [4.69, 9.17) is 23.2 Å². The molecule has 1 aromatic heterocycles. The Hall–Kier alpha value is -1.62. The van der Waals surface area contributed by atoms with Gasteiger partial charge in [0.1, 0.15) is 10.8 Å². The number of hydrogen-bond donors (Lipinski definition) is 1. The maximum Gasteiger partial charge on any atom is 0.275 e. The topological polar surface area (TPSA) is 45.2 Å². The molecule has 0 radical (unpaired) electrons. The molecule has 1 aliphatic heterocycles.